The van der Waals surface area contributed by atoms with Crippen LogP contribution < -0.4 is 15.1 Å². The molecule has 1 atom stereocenters. The molecule has 2 fully saturated rings. The predicted octanol–water partition coefficient (Wildman–Crippen LogP) is 2.98. The first-order valence-electron chi connectivity index (χ1n) is 11.1. The number of methoxy groups -OCH3 is 1. The second kappa shape index (κ2) is 9.03. The van der Waals surface area contributed by atoms with Gasteiger partial charge >= 0.3 is 0 Å². The molecule has 33 heavy (non-hydrogen) atoms. The number of hydrogen-bond acceptors (Lipinski definition) is 6. The Kier molecular flexibility index (Phi) is 5.95. The Labute approximate surface area is 197 Å². The van der Waals surface area contributed by atoms with E-state index in [1.807, 2.05) is 28.9 Å². The van der Waals surface area contributed by atoms with Gasteiger partial charge in [0.25, 0.3) is 0 Å². The molecule has 9 heteroatoms. The van der Waals surface area contributed by atoms with E-state index in [4.69, 9.17) is 16.3 Å². The van der Waals surface area contributed by atoms with Crippen molar-refractivity contribution in [2.45, 2.75) is 25.4 Å². The maximum Gasteiger partial charge on any atom is 0.234 e. The highest BCUT2D eigenvalue weighted by Crippen LogP contribution is 2.37. The van der Waals surface area contributed by atoms with E-state index >= 15 is 0 Å². The number of carbonyl (C=O) groups excluding carboxylic acids is 2. The second-order valence-electron chi connectivity index (χ2n) is 8.44. The van der Waals surface area contributed by atoms with Crippen molar-refractivity contribution in [2.24, 2.45) is 0 Å². The Hall–Kier alpha value is -3.10. The fourth-order valence-electron chi connectivity index (χ4n) is 4.77. The lowest BCUT2D eigenvalue weighted by Gasteiger charge is -2.38. The van der Waals surface area contributed by atoms with Gasteiger partial charge in [0.05, 0.1) is 34.9 Å². The van der Waals surface area contributed by atoms with Gasteiger partial charge in [0, 0.05) is 45.3 Å². The van der Waals surface area contributed by atoms with Crippen LogP contribution in [0.15, 0.2) is 42.6 Å². The number of nitrogens with one attached hydrogen (secondary N) is 1. The van der Waals surface area contributed by atoms with E-state index in [9.17, 15) is 9.59 Å². The Morgan fingerprint density at radius 1 is 1.09 bits per heavy atom. The summed E-state index contributed by atoms with van der Waals surface area (Å²) >= 11 is 6.79. The van der Waals surface area contributed by atoms with Crippen LogP contribution in [0.1, 0.15) is 29.9 Å². The first kappa shape index (κ1) is 21.7. The topological polar surface area (TPSA) is 79.2 Å². The van der Waals surface area contributed by atoms with Crippen molar-refractivity contribution < 1.29 is 14.3 Å². The number of piperazine rings is 1. The highest BCUT2D eigenvalue weighted by molar-refractivity contribution is 6.34. The Balaban J connectivity index is 1.34. The molecule has 0 radical (unpaired) electrons. The molecule has 0 bridgehead atoms. The molecule has 172 valence electrons. The van der Waals surface area contributed by atoms with Crippen molar-refractivity contribution in [3.05, 3.63) is 58.7 Å². The first-order valence-corrected chi connectivity index (χ1v) is 11.5. The predicted molar refractivity (Wildman–Crippen MR) is 127 cm³/mol. The molecule has 2 aliphatic heterocycles. The van der Waals surface area contributed by atoms with Crippen LogP contribution in [0.5, 0.6) is 0 Å². The molecule has 3 aromatic rings. The quantitative estimate of drug-likeness (QED) is 0.581. The zero-order chi connectivity index (χ0) is 22.9. The number of fused-ring (bicyclic) bond motifs is 1. The van der Waals surface area contributed by atoms with E-state index in [1.54, 1.807) is 7.11 Å². The molecule has 1 N–H and O–H groups in total. The minimum atomic E-state index is -0.393. The number of anilines is 2. The normalized spacial score (nSPS) is 19.3. The van der Waals surface area contributed by atoms with E-state index in [0.29, 0.717) is 24.5 Å². The number of rotatable bonds is 5. The third kappa shape index (κ3) is 4.05. The number of hydrogen-bond donors (Lipinski definition) is 1. The number of pyridine rings is 1. The fraction of sp³-hybridized carbons (Fsp3) is 0.375. The number of amides is 2. The number of nitrogens with zero attached hydrogens (tertiary/aromatic N) is 4. The standard InChI is InChI=1S/C24H26ClN5O3/c1-33-15-16-14-26-30-19(16)5-3-7-22(30)29-12-10-28(11-13-29)20-6-2-4-17(23(20)25)18-8-9-21(31)27-24(18)32/h2-7,14,18H,8-13,15H2,1H3,(H,27,31,32). The van der Waals surface area contributed by atoms with Crippen molar-refractivity contribution in [1.29, 1.82) is 0 Å². The van der Waals surface area contributed by atoms with Crippen LogP contribution in [0.2, 0.25) is 5.02 Å². The SMILES string of the molecule is COCc1cnn2c(N3CCN(c4cccc(C5CCC(=O)NC5=O)c4Cl)CC3)cccc12. The molecule has 2 aromatic heterocycles. The summed E-state index contributed by atoms with van der Waals surface area (Å²) in [6.45, 7) is 3.75. The summed E-state index contributed by atoms with van der Waals surface area (Å²) in [5, 5.41) is 7.60. The highest BCUT2D eigenvalue weighted by atomic mass is 35.5. The van der Waals surface area contributed by atoms with Gasteiger partial charge in [-0.2, -0.15) is 5.10 Å². The zero-order valence-corrected chi connectivity index (χ0v) is 19.2. The maximum atomic E-state index is 12.4. The maximum absolute atomic E-state index is 12.4. The Morgan fingerprint density at radius 2 is 1.85 bits per heavy atom. The molecule has 8 nitrogen and oxygen atoms in total. The molecular formula is C24H26ClN5O3. The number of aromatic nitrogens is 2. The summed E-state index contributed by atoms with van der Waals surface area (Å²) < 4.78 is 7.26. The van der Waals surface area contributed by atoms with Crippen LogP contribution in [-0.4, -0.2) is 54.7 Å². The number of benzene rings is 1. The van der Waals surface area contributed by atoms with Gasteiger partial charge in [0.15, 0.2) is 0 Å². The third-order valence-corrected chi connectivity index (χ3v) is 6.88. The summed E-state index contributed by atoms with van der Waals surface area (Å²) in [5.41, 5.74) is 3.83. The summed E-state index contributed by atoms with van der Waals surface area (Å²) in [6, 6.07) is 12.0. The number of halogens is 1. The van der Waals surface area contributed by atoms with Crippen molar-refractivity contribution in [3.63, 3.8) is 0 Å². The minimum Gasteiger partial charge on any atom is -0.380 e. The monoisotopic (exact) mass is 467 g/mol. The first-order chi connectivity index (χ1) is 16.1. The summed E-state index contributed by atoms with van der Waals surface area (Å²) in [4.78, 5) is 28.5. The molecule has 2 saturated heterocycles. The van der Waals surface area contributed by atoms with Gasteiger partial charge in [-0.05, 0) is 30.2 Å². The lowest BCUT2D eigenvalue weighted by Crippen LogP contribution is -2.47. The average molecular weight is 468 g/mol. The van der Waals surface area contributed by atoms with Gasteiger partial charge in [-0.25, -0.2) is 4.52 Å². The Morgan fingerprint density at radius 3 is 2.61 bits per heavy atom. The van der Waals surface area contributed by atoms with Crippen molar-refractivity contribution >= 4 is 40.4 Å². The molecule has 1 unspecified atom stereocenters. The van der Waals surface area contributed by atoms with Crippen LogP contribution in [0.3, 0.4) is 0 Å². The smallest absolute Gasteiger partial charge is 0.234 e. The minimum absolute atomic E-state index is 0.221. The largest absolute Gasteiger partial charge is 0.380 e. The van der Waals surface area contributed by atoms with Gasteiger partial charge in [-0.15, -0.1) is 0 Å². The number of ether oxygens (including phenoxy) is 1. The third-order valence-electron chi connectivity index (χ3n) is 6.47. The lowest BCUT2D eigenvalue weighted by molar-refractivity contribution is -0.134. The lowest BCUT2D eigenvalue weighted by atomic mass is 9.90. The summed E-state index contributed by atoms with van der Waals surface area (Å²) in [5.74, 6) is 0.171. The zero-order valence-electron chi connectivity index (χ0n) is 18.5. The Bertz CT molecular complexity index is 1200. The highest BCUT2D eigenvalue weighted by Gasteiger charge is 2.31. The van der Waals surface area contributed by atoms with Crippen LogP contribution in [0, 0.1) is 0 Å². The van der Waals surface area contributed by atoms with Crippen molar-refractivity contribution in [3.8, 4) is 0 Å². The fourth-order valence-corrected chi connectivity index (χ4v) is 5.15. The van der Waals surface area contributed by atoms with Crippen molar-refractivity contribution in [2.75, 3.05) is 43.1 Å². The molecule has 2 aliphatic rings. The van der Waals surface area contributed by atoms with Gasteiger partial charge < -0.3 is 14.5 Å². The summed E-state index contributed by atoms with van der Waals surface area (Å²) in [7, 11) is 1.69. The molecule has 4 heterocycles. The molecule has 0 aliphatic carbocycles. The van der Waals surface area contributed by atoms with Gasteiger partial charge in [-0.1, -0.05) is 29.8 Å². The summed E-state index contributed by atoms with van der Waals surface area (Å²) in [6.07, 6.45) is 2.68. The van der Waals surface area contributed by atoms with E-state index in [-0.39, 0.29) is 11.8 Å². The second-order valence-corrected chi connectivity index (χ2v) is 8.82. The van der Waals surface area contributed by atoms with Crippen LogP contribution in [-0.2, 0) is 20.9 Å². The van der Waals surface area contributed by atoms with E-state index in [0.717, 1.165) is 54.3 Å². The van der Waals surface area contributed by atoms with E-state index in [2.05, 4.69) is 38.4 Å². The van der Waals surface area contributed by atoms with Gasteiger partial charge in [0.2, 0.25) is 11.8 Å². The van der Waals surface area contributed by atoms with Crippen LogP contribution >= 0.6 is 11.6 Å². The average Bonchev–Trinajstić information content (AvgIpc) is 3.23. The number of carbonyl (C=O) groups is 2. The van der Waals surface area contributed by atoms with Crippen LogP contribution in [0.25, 0.3) is 5.52 Å². The van der Waals surface area contributed by atoms with E-state index < -0.39 is 5.92 Å². The molecule has 0 spiro atoms. The molecular weight excluding hydrogens is 442 g/mol. The van der Waals surface area contributed by atoms with Crippen LogP contribution in [0.4, 0.5) is 11.5 Å². The van der Waals surface area contributed by atoms with Crippen molar-refractivity contribution in [1.82, 2.24) is 14.9 Å². The van der Waals surface area contributed by atoms with E-state index in [1.165, 1.54) is 0 Å². The number of piperidine rings is 1. The molecule has 1 aromatic carbocycles. The molecule has 5 rings (SSSR count). The molecule has 0 saturated carbocycles. The van der Waals surface area contributed by atoms with Gasteiger partial charge in [-0.3, -0.25) is 14.9 Å². The number of imide groups is 1. The van der Waals surface area contributed by atoms with Gasteiger partial charge in [0.1, 0.15) is 5.82 Å². The molecule has 2 amide bonds.